The van der Waals surface area contributed by atoms with E-state index in [-0.39, 0.29) is 12.8 Å². The van der Waals surface area contributed by atoms with Crippen LogP contribution in [-0.4, -0.2) is 32.9 Å². The van der Waals surface area contributed by atoms with Crippen molar-refractivity contribution in [2.45, 2.75) is 175 Å². The Morgan fingerprint density at radius 1 is 0.512 bits per heavy atom. The molecule has 0 fully saturated rings. The van der Waals surface area contributed by atoms with Crippen LogP contribution in [0.25, 0.3) is 0 Å². The minimum atomic E-state index is -0.836. The molecular formula is C34H59NO8. The molecule has 0 aliphatic heterocycles. The summed E-state index contributed by atoms with van der Waals surface area (Å²) in [5.41, 5.74) is 0. The van der Waals surface area contributed by atoms with Crippen molar-refractivity contribution in [2.24, 2.45) is 0 Å². The molecule has 0 unspecified atom stereocenters. The lowest BCUT2D eigenvalue weighted by molar-refractivity contribution is -0.142. The average molecular weight is 610 g/mol. The first-order valence-corrected chi connectivity index (χ1v) is 17.1. The number of hydrogen-bond donors (Lipinski definition) is 2. The van der Waals surface area contributed by atoms with Gasteiger partial charge in [0.2, 0.25) is 11.5 Å². The van der Waals surface area contributed by atoms with Gasteiger partial charge in [0, 0.05) is 19.8 Å². The van der Waals surface area contributed by atoms with Crippen LogP contribution in [-0.2, 0) is 14.4 Å². The number of rotatable bonds is 27. The summed E-state index contributed by atoms with van der Waals surface area (Å²) < 4.78 is 11.0. The Labute approximate surface area is 259 Å². The van der Waals surface area contributed by atoms with Gasteiger partial charge in [0.05, 0.1) is 0 Å². The van der Waals surface area contributed by atoms with Crippen molar-refractivity contribution >= 4 is 17.9 Å². The number of unbranched alkanes of at least 4 members (excludes halogenated alkanes) is 20. The van der Waals surface area contributed by atoms with Crippen LogP contribution in [0.3, 0.4) is 0 Å². The Bertz CT molecular complexity index is 847. The molecule has 1 aromatic heterocycles. The zero-order valence-electron chi connectivity index (χ0n) is 27.3. The van der Waals surface area contributed by atoms with Gasteiger partial charge in [-0.25, -0.2) is 4.79 Å². The molecule has 9 nitrogen and oxygen atoms in total. The highest BCUT2D eigenvalue weighted by molar-refractivity contribution is 5.79. The lowest BCUT2D eigenvalue weighted by Crippen LogP contribution is -2.15. The molecule has 0 atom stereocenters. The highest BCUT2D eigenvalue weighted by Gasteiger charge is 2.31. The van der Waals surface area contributed by atoms with E-state index in [9.17, 15) is 24.6 Å². The van der Waals surface area contributed by atoms with Crippen LogP contribution in [0.5, 0.6) is 23.3 Å². The molecular weight excluding hydrogens is 550 g/mol. The molecule has 0 aliphatic rings. The number of hydrogen-bond acceptors (Lipinski definition) is 8. The van der Waals surface area contributed by atoms with Gasteiger partial charge in [0.15, 0.2) is 0 Å². The molecule has 0 amide bonds. The predicted octanol–water partition coefficient (Wildman–Crippen LogP) is 9.09. The van der Waals surface area contributed by atoms with Crippen molar-refractivity contribution in [3.05, 3.63) is 0 Å². The molecule has 2 N–H and O–H groups in total. The number of aromatic hydroxyl groups is 2. The van der Waals surface area contributed by atoms with Crippen LogP contribution in [0.15, 0.2) is 0 Å². The first kappa shape index (κ1) is 38.3. The first-order chi connectivity index (χ1) is 20.8. The number of ether oxygens (including phenoxy) is 2. The molecule has 0 saturated carbocycles. The summed E-state index contributed by atoms with van der Waals surface area (Å²) in [7, 11) is 0. The normalized spacial score (nSPS) is 11.0. The maximum atomic E-state index is 12.5. The van der Waals surface area contributed by atoms with Crippen LogP contribution < -0.4 is 14.3 Å². The molecule has 1 rings (SSSR count). The second-order valence-electron chi connectivity index (χ2n) is 11.7. The fraction of sp³-hybridized carbons (Fsp3) is 0.794. The van der Waals surface area contributed by atoms with E-state index in [1.54, 1.807) is 0 Å². The van der Waals surface area contributed by atoms with Crippen LogP contribution >= 0.6 is 0 Å². The maximum absolute atomic E-state index is 12.5. The molecule has 0 radical (unpaired) electrons. The molecule has 0 aromatic carbocycles. The van der Waals surface area contributed by atoms with Gasteiger partial charge in [0.1, 0.15) is 0 Å². The summed E-state index contributed by atoms with van der Waals surface area (Å²) in [4.78, 5) is 41.3. The number of carbonyl (C=O) groups excluding carboxylic acids is 3. The molecule has 0 saturated heterocycles. The summed E-state index contributed by atoms with van der Waals surface area (Å²) in [5, 5.41) is 21.0. The van der Waals surface area contributed by atoms with Gasteiger partial charge in [-0.3, -0.25) is 9.59 Å². The van der Waals surface area contributed by atoms with Gasteiger partial charge < -0.3 is 24.5 Å². The van der Waals surface area contributed by atoms with Crippen molar-refractivity contribution in [3.8, 4) is 23.3 Å². The zero-order chi connectivity index (χ0) is 31.7. The Kier molecular flexibility index (Phi) is 22.0. The molecule has 1 aromatic rings. The van der Waals surface area contributed by atoms with Gasteiger partial charge in [-0.2, -0.15) is 0 Å². The summed E-state index contributed by atoms with van der Waals surface area (Å²) in [6.45, 7) is 5.52. The van der Waals surface area contributed by atoms with Gasteiger partial charge in [-0.15, -0.1) is 0 Å². The largest absolute Gasteiger partial charge is 0.490 e. The Hall–Kier alpha value is -2.71. The fourth-order valence-electron chi connectivity index (χ4n) is 5.08. The zero-order valence-corrected chi connectivity index (χ0v) is 27.3. The molecule has 0 bridgehead atoms. The van der Waals surface area contributed by atoms with E-state index in [1.165, 1.54) is 89.9 Å². The number of esters is 2. The van der Waals surface area contributed by atoms with Gasteiger partial charge in [-0.1, -0.05) is 147 Å². The molecule has 9 heteroatoms. The Morgan fingerprint density at radius 3 is 1.07 bits per heavy atom. The van der Waals surface area contributed by atoms with Gasteiger partial charge >= 0.3 is 17.9 Å². The minimum absolute atomic E-state index is 0.0993. The molecule has 0 spiro atoms. The average Bonchev–Trinajstić information content (AvgIpc) is 3.17. The second kappa shape index (κ2) is 24.7. The van der Waals surface area contributed by atoms with Crippen LogP contribution in [0.4, 0.5) is 0 Å². The van der Waals surface area contributed by atoms with Gasteiger partial charge in [-0.05, 0) is 12.8 Å². The second-order valence-corrected chi connectivity index (χ2v) is 11.7. The van der Waals surface area contributed by atoms with Crippen molar-refractivity contribution < 1.29 is 38.9 Å². The molecule has 1 heterocycles. The highest BCUT2D eigenvalue weighted by atomic mass is 16.7. The van der Waals surface area contributed by atoms with E-state index in [2.05, 4.69) is 13.8 Å². The maximum Gasteiger partial charge on any atom is 0.330 e. The Morgan fingerprint density at radius 2 is 0.791 bits per heavy atom. The monoisotopic (exact) mass is 609 g/mol. The third-order valence-electron chi connectivity index (χ3n) is 7.62. The van der Waals surface area contributed by atoms with Crippen LogP contribution in [0.2, 0.25) is 0 Å². The van der Waals surface area contributed by atoms with Crippen molar-refractivity contribution in [1.29, 1.82) is 0 Å². The topological polar surface area (TPSA) is 124 Å². The highest BCUT2D eigenvalue weighted by Crippen LogP contribution is 2.47. The smallest absolute Gasteiger partial charge is 0.330 e. The number of aromatic nitrogens is 1. The van der Waals surface area contributed by atoms with Crippen molar-refractivity contribution in [1.82, 2.24) is 4.73 Å². The standard InChI is InChI=1S/C34H59NO8/c1-4-6-8-10-12-14-16-18-20-22-24-26-29(37)41-31-32(34(40)35(33(31)39)43-28(3)36)42-30(38)27-25-23-21-19-17-15-13-11-9-7-5-2/h39-40H,4-27H2,1-3H3. The Balaban J connectivity index is 2.46. The number of carbonyl (C=O) groups is 3. The predicted molar refractivity (Wildman–Crippen MR) is 168 cm³/mol. The van der Waals surface area contributed by atoms with E-state index in [4.69, 9.17) is 14.3 Å². The molecule has 248 valence electrons. The summed E-state index contributed by atoms with van der Waals surface area (Å²) in [5.74, 6) is -4.88. The van der Waals surface area contributed by atoms with E-state index in [0.717, 1.165) is 45.4 Å². The van der Waals surface area contributed by atoms with Gasteiger partial charge in [0.25, 0.3) is 11.8 Å². The summed E-state index contributed by atoms with van der Waals surface area (Å²) in [6.07, 6.45) is 25.3. The van der Waals surface area contributed by atoms with Crippen molar-refractivity contribution in [2.75, 3.05) is 0 Å². The van der Waals surface area contributed by atoms with E-state index >= 15 is 0 Å². The van der Waals surface area contributed by atoms with Crippen LogP contribution in [0, 0.1) is 0 Å². The van der Waals surface area contributed by atoms with Crippen LogP contribution in [0.1, 0.15) is 175 Å². The third kappa shape index (κ3) is 17.9. The summed E-state index contributed by atoms with van der Waals surface area (Å²) in [6, 6.07) is 0. The third-order valence-corrected chi connectivity index (χ3v) is 7.62. The lowest BCUT2D eigenvalue weighted by atomic mass is 10.1. The van der Waals surface area contributed by atoms with E-state index < -0.39 is 41.2 Å². The van der Waals surface area contributed by atoms with E-state index in [0.29, 0.717) is 17.6 Å². The molecule has 0 aliphatic carbocycles. The minimum Gasteiger partial charge on any atom is -0.490 e. The summed E-state index contributed by atoms with van der Waals surface area (Å²) >= 11 is 0. The molecule has 43 heavy (non-hydrogen) atoms. The van der Waals surface area contributed by atoms with Crippen molar-refractivity contribution in [3.63, 3.8) is 0 Å². The first-order valence-electron chi connectivity index (χ1n) is 17.1. The number of nitrogens with zero attached hydrogens (tertiary/aromatic N) is 1. The fourth-order valence-corrected chi connectivity index (χ4v) is 5.08. The quantitative estimate of drug-likeness (QED) is 0.0747. The SMILES string of the molecule is CCCCCCCCCCCCCC(=O)Oc1c(OC(=O)CCCCCCCCCCCCC)c(O)n(OC(C)=O)c1O. The van der Waals surface area contributed by atoms with E-state index in [1.807, 2.05) is 0 Å². The lowest BCUT2D eigenvalue weighted by Gasteiger charge is -2.07.